The van der Waals surface area contributed by atoms with Gasteiger partial charge >= 0.3 is 0 Å². The van der Waals surface area contributed by atoms with E-state index in [0.29, 0.717) is 30.6 Å². The van der Waals surface area contributed by atoms with Gasteiger partial charge in [-0.2, -0.15) is 0 Å². The SMILES string of the molecule is O=CCOc1ccc2c(c1)CN([C@H]1CCC(=O)NC1O)C2=O. The zero-order chi connectivity index (χ0) is 15.7. The van der Waals surface area contributed by atoms with Crippen LogP contribution in [-0.4, -0.2) is 47.0 Å². The van der Waals surface area contributed by atoms with Crippen LogP contribution >= 0.6 is 0 Å². The molecule has 1 saturated heterocycles. The van der Waals surface area contributed by atoms with Crippen molar-refractivity contribution in [1.29, 1.82) is 0 Å². The Morgan fingerprint density at radius 3 is 2.95 bits per heavy atom. The molecule has 3 rings (SSSR count). The van der Waals surface area contributed by atoms with E-state index in [1.165, 1.54) is 0 Å². The summed E-state index contributed by atoms with van der Waals surface area (Å²) in [5.41, 5.74) is 1.35. The van der Waals surface area contributed by atoms with Crippen molar-refractivity contribution >= 4 is 18.1 Å². The molecule has 1 aromatic carbocycles. The van der Waals surface area contributed by atoms with Crippen LogP contribution in [0.25, 0.3) is 0 Å². The van der Waals surface area contributed by atoms with Crippen molar-refractivity contribution in [1.82, 2.24) is 10.2 Å². The first-order valence-electron chi connectivity index (χ1n) is 7.08. The first kappa shape index (κ1) is 14.5. The van der Waals surface area contributed by atoms with E-state index in [9.17, 15) is 19.5 Å². The zero-order valence-electron chi connectivity index (χ0n) is 11.8. The lowest BCUT2D eigenvalue weighted by Crippen LogP contribution is -2.55. The van der Waals surface area contributed by atoms with Gasteiger partial charge in [0.05, 0.1) is 6.04 Å². The average Bonchev–Trinajstić information content (AvgIpc) is 2.82. The number of nitrogens with one attached hydrogen (secondary N) is 1. The lowest BCUT2D eigenvalue weighted by Gasteiger charge is -2.35. The fourth-order valence-electron chi connectivity index (χ4n) is 2.90. The molecule has 1 aromatic rings. The van der Waals surface area contributed by atoms with E-state index >= 15 is 0 Å². The molecule has 2 aliphatic heterocycles. The highest BCUT2D eigenvalue weighted by Crippen LogP contribution is 2.30. The lowest BCUT2D eigenvalue weighted by molar-refractivity contribution is -0.129. The van der Waals surface area contributed by atoms with Gasteiger partial charge in [0.15, 0.2) is 6.29 Å². The van der Waals surface area contributed by atoms with Crippen LogP contribution in [-0.2, 0) is 16.1 Å². The topological polar surface area (TPSA) is 95.9 Å². The van der Waals surface area contributed by atoms with E-state index in [-0.39, 0.29) is 24.8 Å². The number of fused-ring (bicyclic) bond motifs is 1. The van der Waals surface area contributed by atoms with Crippen LogP contribution in [0.5, 0.6) is 5.75 Å². The molecule has 0 aliphatic carbocycles. The second kappa shape index (κ2) is 5.76. The molecule has 0 spiro atoms. The predicted octanol–water partition coefficient (Wildman–Crippen LogP) is -0.183. The minimum atomic E-state index is -1.05. The van der Waals surface area contributed by atoms with Gasteiger partial charge in [-0.1, -0.05) is 0 Å². The number of piperidine rings is 1. The van der Waals surface area contributed by atoms with Gasteiger partial charge in [-0.15, -0.1) is 0 Å². The van der Waals surface area contributed by atoms with E-state index in [1.54, 1.807) is 23.1 Å². The van der Waals surface area contributed by atoms with Gasteiger partial charge in [-0.3, -0.25) is 14.4 Å². The molecule has 1 unspecified atom stereocenters. The van der Waals surface area contributed by atoms with Crippen molar-refractivity contribution in [3.63, 3.8) is 0 Å². The summed E-state index contributed by atoms with van der Waals surface area (Å²) in [4.78, 5) is 35.6. The van der Waals surface area contributed by atoms with Gasteiger partial charge in [-0.05, 0) is 30.2 Å². The van der Waals surface area contributed by atoms with Crippen molar-refractivity contribution < 1.29 is 24.2 Å². The van der Waals surface area contributed by atoms with Gasteiger partial charge in [-0.25, -0.2) is 0 Å². The Hall–Kier alpha value is -2.41. The number of amides is 2. The number of benzene rings is 1. The Morgan fingerprint density at radius 1 is 1.41 bits per heavy atom. The molecule has 116 valence electrons. The Balaban J connectivity index is 1.78. The molecule has 7 heteroatoms. The Kier molecular flexibility index (Phi) is 3.81. The van der Waals surface area contributed by atoms with Gasteiger partial charge in [0, 0.05) is 18.5 Å². The number of aliphatic hydroxyl groups is 1. The first-order chi connectivity index (χ1) is 10.6. The number of aliphatic hydroxyl groups excluding tert-OH is 1. The molecule has 0 bridgehead atoms. The maximum absolute atomic E-state index is 12.5. The minimum Gasteiger partial charge on any atom is -0.486 e. The average molecular weight is 304 g/mol. The second-order valence-electron chi connectivity index (χ2n) is 5.35. The van der Waals surface area contributed by atoms with Gasteiger partial charge in [0.25, 0.3) is 5.91 Å². The Morgan fingerprint density at radius 2 is 2.23 bits per heavy atom. The summed E-state index contributed by atoms with van der Waals surface area (Å²) in [6, 6.07) is 4.59. The number of ether oxygens (including phenoxy) is 1. The van der Waals surface area contributed by atoms with E-state index in [0.717, 1.165) is 5.56 Å². The molecular weight excluding hydrogens is 288 g/mol. The molecule has 2 N–H and O–H groups in total. The van der Waals surface area contributed by atoms with E-state index < -0.39 is 12.3 Å². The Bertz CT molecular complexity index is 630. The minimum absolute atomic E-state index is 0.0379. The van der Waals surface area contributed by atoms with Crippen LogP contribution in [0.15, 0.2) is 18.2 Å². The van der Waals surface area contributed by atoms with Crippen molar-refractivity contribution in [3.05, 3.63) is 29.3 Å². The smallest absolute Gasteiger partial charge is 0.254 e. The molecule has 0 aromatic heterocycles. The van der Waals surface area contributed by atoms with Crippen molar-refractivity contribution in [2.24, 2.45) is 0 Å². The third-order valence-electron chi connectivity index (χ3n) is 3.97. The number of aldehydes is 1. The number of rotatable bonds is 4. The molecule has 2 aliphatic rings. The first-order valence-corrected chi connectivity index (χ1v) is 7.08. The number of hydrogen-bond donors (Lipinski definition) is 2. The van der Waals surface area contributed by atoms with E-state index in [2.05, 4.69) is 5.32 Å². The highest BCUT2D eigenvalue weighted by molar-refractivity contribution is 5.99. The highest BCUT2D eigenvalue weighted by atomic mass is 16.5. The van der Waals surface area contributed by atoms with E-state index in [1.807, 2.05) is 0 Å². The fourth-order valence-corrected chi connectivity index (χ4v) is 2.90. The van der Waals surface area contributed by atoms with Crippen molar-refractivity contribution in [2.75, 3.05) is 6.61 Å². The molecule has 2 amide bonds. The largest absolute Gasteiger partial charge is 0.486 e. The molecule has 7 nitrogen and oxygen atoms in total. The normalized spacial score (nSPS) is 24.0. The number of nitrogens with zero attached hydrogens (tertiary/aromatic N) is 1. The Labute approximate surface area is 126 Å². The summed E-state index contributed by atoms with van der Waals surface area (Å²) in [5, 5.41) is 12.4. The predicted molar refractivity (Wildman–Crippen MR) is 75.0 cm³/mol. The molecular formula is C15H16N2O5. The van der Waals surface area contributed by atoms with Crippen LogP contribution in [0, 0.1) is 0 Å². The van der Waals surface area contributed by atoms with Crippen LogP contribution in [0.2, 0.25) is 0 Å². The monoisotopic (exact) mass is 304 g/mol. The lowest BCUT2D eigenvalue weighted by atomic mass is 10.0. The zero-order valence-corrected chi connectivity index (χ0v) is 11.8. The summed E-state index contributed by atoms with van der Waals surface area (Å²) in [7, 11) is 0. The number of carbonyl (C=O) groups is 3. The second-order valence-corrected chi connectivity index (χ2v) is 5.35. The number of carbonyl (C=O) groups excluding carboxylic acids is 3. The molecule has 1 fully saturated rings. The highest BCUT2D eigenvalue weighted by Gasteiger charge is 2.38. The molecule has 0 radical (unpaired) electrons. The standard InChI is InChI=1S/C15H16N2O5/c18-5-6-22-10-1-2-11-9(7-10)8-17(15(11)21)12-3-4-13(19)16-14(12)20/h1-2,5,7,12,14,20H,3-4,6,8H2,(H,16,19)/t12-,14?/m0/s1. The van der Waals surface area contributed by atoms with Crippen LogP contribution in [0.1, 0.15) is 28.8 Å². The molecule has 2 heterocycles. The third kappa shape index (κ3) is 2.55. The summed E-state index contributed by atoms with van der Waals surface area (Å²) in [6.45, 7) is 0.313. The quantitative estimate of drug-likeness (QED) is 0.752. The summed E-state index contributed by atoms with van der Waals surface area (Å²) in [6.07, 6.45) is 0.327. The molecule has 22 heavy (non-hydrogen) atoms. The van der Waals surface area contributed by atoms with Crippen LogP contribution in [0.4, 0.5) is 0 Å². The van der Waals surface area contributed by atoms with Gasteiger partial charge in [0.2, 0.25) is 5.91 Å². The molecule has 2 atom stereocenters. The maximum Gasteiger partial charge on any atom is 0.254 e. The van der Waals surface area contributed by atoms with Gasteiger partial charge in [0.1, 0.15) is 18.6 Å². The summed E-state index contributed by atoms with van der Waals surface area (Å²) in [5.74, 6) is 0.146. The fraction of sp³-hybridized carbons (Fsp3) is 0.400. The number of hydrogen-bond acceptors (Lipinski definition) is 5. The van der Waals surface area contributed by atoms with Crippen molar-refractivity contribution in [2.45, 2.75) is 31.7 Å². The third-order valence-corrected chi connectivity index (χ3v) is 3.97. The molecule has 0 saturated carbocycles. The summed E-state index contributed by atoms with van der Waals surface area (Å²) < 4.78 is 5.23. The van der Waals surface area contributed by atoms with Crippen LogP contribution in [0.3, 0.4) is 0 Å². The van der Waals surface area contributed by atoms with Crippen LogP contribution < -0.4 is 10.1 Å². The summed E-state index contributed by atoms with van der Waals surface area (Å²) >= 11 is 0. The maximum atomic E-state index is 12.5. The van der Waals surface area contributed by atoms with Gasteiger partial charge < -0.3 is 20.1 Å². The van der Waals surface area contributed by atoms with E-state index in [4.69, 9.17) is 4.74 Å². The van der Waals surface area contributed by atoms with Crippen molar-refractivity contribution in [3.8, 4) is 5.75 Å².